The molecule has 0 saturated carbocycles. The van der Waals surface area contributed by atoms with Crippen LogP contribution in [-0.4, -0.2) is 81.8 Å². The lowest BCUT2D eigenvalue weighted by atomic mass is 9.98. The van der Waals surface area contributed by atoms with Gasteiger partial charge in [0.1, 0.15) is 11.7 Å². The maximum Gasteiger partial charge on any atom is 0.407 e. The lowest BCUT2D eigenvalue weighted by molar-refractivity contribution is -0.138. The van der Waals surface area contributed by atoms with Gasteiger partial charge in [0.2, 0.25) is 5.91 Å². The maximum absolute atomic E-state index is 12.7. The molecule has 1 rings (SSSR count). The van der Waals surface area contributed by atoms with Gasteiger partial charge in [-0.05, 0) is 36.9 Å². The third kappa shape index (κ3) is 9.04. The standard InChI is InChI=1S/C21H37N3O8Si/c1-14(18(26)30-5)22-17(25)16(13-32-33(6,7)21(2,3)4)23-19(27)31-12-15-8-10-24(11-9-15)20(28)29/h15-16H,1,8-13H2,2-7H3,(H,22,25)(H,23,27)(H,28,29). The highest BCUT2D eigenvalue weighted by Gasteiger charge is 2.38. The summed E-state index contributed by atoms with van der Waals surface area (Å²) in [5.41, 5.74) is -0.264. The predicted octanol–water partition coefficient (Wildman–Crippen LogP) is 2.30. The summed E-state index contributed by atoms with van der Waals surface area (Å²) in [6.45, 7) is 14.4. The number of esters is 1. The molecule has 0 aromatic carbocycles. The monoisotopic (exact) mass is 487 g/mol. The smallest absolute Gasteiger partial charge is 0.407 e. The molecule has 0 bridgehead atoms. The molecule has 12 heteroatoms. The van der Waals surface area contributed by atoms with Crippen molar-refractivity contribution < 1.29 is 38.2 Å². The number of hydrogen-bond donors (Lipinski definition) is 3. The van der Waals surface area contributed by atoms with Crippen LogP contribution in [-0.2, 0) is 23.5 Å². The molecule has 1 aliphatic rings. The minimum Gasteiger partial charge on any atom is -0.465 e. The first kappa shape index (κ1) is 28.4. The largest absolute Gasteiger partial charge is 0.465 e. The molecule has 0 spiro atoms. The number of amides is 3. The van der Waals surface area contributed by atoms with Gasteiger partial charge in [-0.15, -0.1) is 0 Å². The quantitative estimate of drug-likeness (QED) is 0.255. The molecule has 0 aromatic rings. The van der Waals surface area contributed by atoms with Gasteiger partial charge < -0.3 is 34.5 Å². The third-order valence-electron chi connectivity index (χ3n) is 6.07. The highest BCUT2D eigenvalue weighted by Crippen LogP contribution is 2.36. The number of ether oxygens (including phenoxy) is 2. The van der Waals surface area contributed by atoms with Crippen LogP contribution in [0.15, 0.2) is 12.3 Å². The number of likely N-dealkylation sites (tertiary alicyclic amines) is 1. The molecule has 188 valence electrons. The van der Waals surface area contributed by atoms with E-state index in [1.54, 1.807) is 0 Å². The van der Waals surface area contributed by atoms with Crippen LogP contribution in [0.25, 0.3) is 0 Å². The lowest BCUT2D eigenvalue weighted by Crippen LogP contribution is -2.53. The van der Waals surface area contributed by atoms with E-state index < -0.39 is 38.4 Å². The normalized spacial score (nSPS) is 15.9. The molecule has 1 heterocycles. The van der Waals surface area contributed by atoms with Crippen molar-refractivity contribution in [1.82, 2.24) is 15.5 Å². The Morgan fingerprint density at radius 1 is 1.18 bits per heavy atom. The second kappa shape index (κ2) is 12.0. The topological polar surface area (TPSA) is 144 Å². The summed E-state index contributed by atoms with van der Waals surface area (Å²) in [7, 11) is -1.07. The molecule has 11 nitrogen and oxygen atoms in total. The van der Waals surface area contributed by atoms with E-state index in [0.717, 1.165) is 7.11 Å². The number of rotatable bonds is 9. The van der Waals surface area contributed by atoms with Gasteiger partial charge in [-0.3, -0.25) is 4.79 Å². The first-order valence-electron chi connectivity index (χ1n) is 10.8. The summed E-state index contributed by atoms with van der Waals surface area (Å²) in [4.78, 5) is 49.0. The fourth-order valence-corrected chi connectivity index (χ4v) is 3.79. The Morgan fingerprint density at radius 2 is 1.76 bits per heavy atom. The van der Waals surface area contributed by atoms with Gasteiger partial charge >= 0.3 is 18.2 Å². The summed E-state index contributed by atoms with van der Waals surface area (Å²) in [5, 5.41) is 13.7. The molecule has 1 aliphatic heterocycles. The number of piperidine rings is 1. The Hall–Kier alpha value is -2.60. The molecular formula is C21H37N3O8Si. The van der Waals surface area contributed by atoms with Crippen molar-refractivity contribution in [2.24, 2.45) is 5.92 Å². The van der Waals surface area contributed by atoms with Gasteiger partial charge in [0.25, 0.3) is 0 Å². The summed E-state index contributed by atoms with van der Waals surface area (Å²) < 4.78 is 15.9. The van der Waals surface area contributed by atoms with Crippen molar-refractivity contribution >= 4 is 32.4 Å². The zero-order valence-electron chi connectivity index (χ0n) is 20.4. The van der Waals surface area contributed by atoms with Crippen LogP contribution in [0.5, 0.6) is 0 Å². The Labute approximate surface area is 195 Å². The van der Waals surface area contributed by atoms with Crippen LogP contribution in [0.4, 0.5) is 9.59 Å². The second-order valence-corrected chi connectivity index (χ2v) is 14.3. The molecule has 1 unspecified atom stereocenters. The minimum atomic E-state index is -2.23. The first-order chi connectivity index (χ1) is 15.2. The summed E-state index contributed by atoms with van der Waals surface area (Å²) in [5.74, 6) is -1.46. The zero-order valence-corrected chi connectivity index (χ0v) is 21.4. The van der Waals surface area contributed by atoms with Gasteiger partial charge in [0.05, 0.1) is 20.3 Å². The Bertz CT molecular complexity index is 742. The number of carbonyl (C=O) groups is 4. The van der Waals surface area contributed by atoms with E-state index in [9.17, 15) is 19.2 Å². The fraction of sp³-hybridized carbons (Fsp3) is 0.714. The molecule has 0 aliphatic carbocycles. The average molecular weight is 488 g/mol. The summed E-state index contributed by atoms with van der Waals surface area (Å²) in [6, 6.07) is -1.12. The van der Waals surface area contributed by atoms with E-state index in [1.165, 1.54) is 4.90 Å². The highest BCUT2D eigenvalue weighted by molar-refractivity contribution is 6.74. The van der Waals surface area contributed by atoms with Crippen LogP contribution >= 0.6 is 0 Å². The van der Waals surface area contributed by atoms with E-state index in [0.29, 0.717) is 25.9 Å². The number of nitrogens with one attached hydrogen (secondary N) is 2. The van der Waals surface area contributed by atoms with E-state index in [2.05, 4.69) is 21.9 Å². The zero-order chi connectivity index (χ0) is 25.4. The molecule has 1 fully saturated rings. The van der Waals surface area contributed by atoms with Crippen LogP contribution < -0.4 is 10.6 Å². The molecule has 0 aromatic heterocycles. The van der Waals surface area contributed by atoms with Crippen LogP contribution in [0.3, 0.4) is 0 Å². The van der Waals surface area contributed by atoms with Gasteiger partial charge in [-0.25, -0.2) is 14.4 Å². The molecular weight excluding hydrogens is 450 g/mol. The predicted molar refractivity (Wildman–Crippen MR) is 123 cm³/mol. The highest BCUT2D eigenvalue weighted by atomic mass is 28.4. The third-order valence-corrected chi connectivity index (χ3v) is 10.6. The van der Waals surface area contributed by atoms with Crippen LogP contribution in [0.1, 0.15) is 33.6 Å². The van der Waals surface area contributed by atoms with Gasteiger partial charge in [-0.2, -0.15) is 0 Å². The van der Waals surface area contributed by atoms with Crippen LogP contribution in [0, 0.1) is 5.92 Å². The van der Waals surface area contributed by atoms with Gasteiger partial charge in [0.15, 0.2) is 8.32 Å². The second-order valence-electron chi connectivity index (χ2n) is 9.54. The van der Waals surface area contributed by atoms with Crippen molar-refractivity contribution in [3.05, 3.63) is 12.3 Å². The maximum atomic E-state index is 12.7. The van der Waals surface area contributed by atoms with Crippen molar-refractivity contribution in [2.75, 3.05) is 33.4 Å². The Morgan fingerprint density at radius 3 is 2.24 bits per heavy atom. The van der Waals surface area contributed by atoms with E-state index in [4.69, 9.17) is 14.3 Å². The van der Waals surface area contributed by atoms with Crippen molar-refractivity contribution in [1.29, 1.82) is 0 Å². The van der Waals surface area contributed by atoms with E-state index >= 15 is 0 Å². The number of methoxy groups -OCH3 is 1. The van der Waals surface area contributed by atoms with E-state index in [-0.39, 0.29) is 29.9 Å². The molecule has 3 amide bonds. The minimum absolute atomic E-state index is 0.0289. The Kier molecular flexibility index (Phi) is 10.4. The number of hydrogen-bond acceptors (Lipinski definition) is 7. The van der Waals surface area contributed by atoms with Crippen molar-refractivity contribution in [3.8, 4) is 0 Å². The number of carbonyl (C=O) groups excluding carboxylic acids is 3. The SMILES string of the molecule is C=C(NC(=O)C(CO[Si](C)(C)C(C)(C)C)NC(=O)OCC1CCN(C(=O)O)CC1)C(=O)OC. The molecule has 0 radical (unpaired) electrons. The molecule has 1 atom stereocenters. The summed E-state index contributed by atoms with van der Waals surface area (Å²) >= 11 is 0. The fourth-order valence-electron chi connectivity index (χ4n) is 2.77. The number of alkyl carbamates (subject to hydrolysis) is 1. The first-order valence-corrected chi connectivity index (χ1v) is 13.7. The van der Waals surface area contributed by atoms with Crippen molar-refractivity contribution in [2.45, 2.75) is 57.8 Å². The van der Waals surface area contributed by atoms with Crippen LogP contribution in [0.2, 0.25) is 18.1 Å². The number of carboxylic acid groups (broad SMARTS) is 1. The number of nitrogens with zero attached hydrogens (tertiary/aromatic N) is 1. The molecule has 33 heavy (non-hydrogen) atoms. The molecule has 3 N–H and O–H groups in total. The van der Waals surface area contributed by atoms with Crippen molar-refractivity contribution in [3.63, 3.8) is 0 Å². The Balaban J connectivity index is 2.72. The lowest BCUT2D eigenvalue weighted by Gasteiger charge is -2.37. The van der Waals surface area contributed by atoms with Gasteiger partial charge in [0, 0.05) is 13.1 Å². The molecule has 1 saturated heterocycles. The summed E-state index contributed by atoms with van der Waals surface area (Å²) in [6.07, 6.45) is -0.608. The van der Waals surface area contributed by atoms with Gasteiger partial charge in [-0.1, -0.05) is 27.4 Å². The average Bonchev–Trinajstić information content (AvgIpc) is 2.73. The van der Waals surface area contributed by atoms with E-state index in [1.807, 2.05) is 33.9 Å².